The number of hydrogen-bond donors (Lipinski definition) is 2. The van der Waals surface area contributed by atoms with Crippen molar-refractivity contribution in [3.8, 4) is 5.75 Å². The molecule has 0 aromatic heterocycles. The van der Waals surface area contributed by atoms with Crippen LogP contribution in [0.4, 0.5) is 10.5 Å². The molecule has 0 atom stereocenters. The Bertz CT molecular complexity index is 1010. The number of allylic oxidation sites excluding steroid dienone is 1. The van der Waals surface area contributed by atoms with Crippen molar-refractivity contribution in [1.82, 2.24) is 5.32 Å². The molecule has 3 rings (SSSR count). The summed E-state index contributed by atoms with van der Waals surface area (Å²) in [7, 11) is 1.63. The molecule has 2 aromatic carbocycles. The Morgan fingerprint density at radius 2 is 1.94 bits per heavy atom. The second-order valence-electron chi connectivity index (χ2n) is 8.05. The lowest BCUT2D eigenvalue weighted by atomic mass is 9.85. The summed E-state index contributed by atoms with van der Waals surface area (Å²) in [6.45, 7) is 8.06. The van der Waals surface area contributed by atoms with Gasteiger partial charge in [0, 0.05) is 34.1 Å². The van der Waals surface area contributed by atoms with Gasteiger partial charge in [0.25, 0.3) is 0 Å². The quantitative estimate of drug-likeness (QED) is 0.286. The predicted octanol–water partition coefficient (Wildman–Crippen LogP) is 4.97. The van der Waals surface area contributed by atoms with E-state index in [4.69, 9.17) is 9.47 Å². The number of nitrogens with one attached hydrogen (secondary N) is 2. The molecule has 2 N–H and O–H groups in total. The number of methoxy groups -OCH3 is 1. The number of carbonyl (C=O) groups is 2. The first-order valence-electron chi connectivity index (χ1n) is 10.2. The fourth-order valence-electron chi connectivity index (χ4n) is 3.47. The molecule has 1 amide bonds. The molecule has 0 unspecified atom stereocenters. The minimum Gasteiger partial charge on any atom is -0.497 e. The molecule has 0 aliphatic carbocycles. The van der Waals surface area contributed by atoms with Crippen LogP contribution in [0.3, 0.4) is 0 Å². The Balaban J connectivity index is 1.77. The molecular weight excluding hydrogens is 392 g/mol. The second kappa shape index (κ2) is 9.51. The molecule has 162 valence electrons. The van der Waals surface area contributed by atoms with Crippen molar-refractivity contribution in [2.75, 3.05) is 19.0 Å². The summed E-state index contributed by atoms with van der Waals surface area (Å²) in [5.74, 6) is 0.614. The predicted molar refractivity (Wildman–Crippen MR) is 122 cm³/mol. The highest BCUT2D eigenvalue weighted by Crippen LogP contribution is 2.32. The third-order valence-corrected chi connectivity index (χ3v) is 4.96. The highest BCUT2D eigenvalue weighted by atomic mass is 16.5. The van der Waals surface area contributed by atoms with E-state index in [1.54, 1.807) is 43.5 Å². The molecule has 2 aromatic rings. The van der Waals surface area contributed by atoms with Crippen LogP contribution in [0.5, 0.6) is 5.75 Å². The van der Waals surface area contributed by atoms with Gasteiger partial charge in [0.05, 0.1) is 13.7 Å². The Morgan fingerprint density at radius 1 is 1.19 bits per heavy atom. The highest BCUT2D eigenvalue weighted by Gasteiger charge is 2.28. The van der Waals surface area contributed by atoms with Gasteiger partial charge in [-0.3, -0.25) is 10.1 Å². The molecule has 0 saturated heterocycles. The standard InChI is InChI=1S/C25H28N2O4/c1-5-6-13-31-24(29)26-19-10-7-17(8-11-19)23(28)15-22-21-14-20(30-4)12-9-18(21)16-25(2,3)27-22/h5,7-12,14-15,27H,1,6,13,16H2,2-4H3,(H,26,29)/b22-15-. The maximum Gasteiger partial charge on any atom is 0.411 e. The summed E-state index contributed by atoms with van der Waals surface area (Å²) in [4.78, 5) is 24.7. The second-order valence-corrected chi connectivity index (χ2v) is 8.05. The van der Waals surface area contributed by atoms with Crippen molar-refractivity contribution in [1.29, 1.82) is 0 Å². The van der Waals surface area contributed by atoms with Crippen molar-refractivity contribution in [2.24, 2.45) is 0 Å². The van der Waals surface area contributed by atoms with E-state index in [0.29, 0.717) is 17.7 Å². The number of rotatable bonds is 7. The van der Waals surface area contributed by atoms with Crippen LogP contribution in [-0.2, 0) is 11.2 Å². The maximum atomic E-state index is 12.9. The first kappa shape index (κ1) is 22.2. The van der Waals surface area contributed by atoms with E-state index in [1.807, 2.05) is 18.2 Å². The summed E-state index contributed by atoms with van der Waals surface area (Å²) in [6.07, 6.45) is 4.20. The van der Waals surface area contributed by atoms with Crippen molar-refractivity contribution in [3.63, 3.8) is 0 Å². The van der Waals surface area contributed by atoms with Crippen LogP contribution in [-0.4, -0.2) is 31.1 Å². The Hall–Kier alpha value is -3.54. The molecule has 0 radical (unpaired) electrons. The average molecular weight is 421 g/mol. The number of ether oxygens (including phenoxy) is 2. The smallest absolute Gasteiger partial charge is 0.411 e. The van der Waals surface area contributed by atoms with E-state index in [-0.39, 0.29) is 17.9 Å². The maximum absolute atomic E-state index is 12.9. The molecule has 6 nitrogen and oxygen atoms in total. The van der Waals surface area contributed by atoms with Crippen LogP contribution in [0.2, 0.25) is 0 Å². The topological polar surface area (TPSA) is 76.7 Å². The van der Waals surface area contributed by atoms with Crippen LogP contribution in [0.25, 0.3) is 5.70 Å². The number of carbonyl (C=O) groups excluding carboxylic acids is 2. The van der Waals surface area contributed by atoms with Crippen LogP contribution < -0.4 is 15.4 Å². The third-order valence-electron chi connectivity index (χ3n) is 4.96. The molecule has 0 spiro atoms. The van der Waals surface area contributed by atoms with E-state index in [1.165, 1.54) is 0 Å². The van der Waals surface area contributed by atoms with Gasteiger partial charge in [0.1, 0.15) is 5.75 Å². The van der Waals surface area contributed by atoms with Gasteiger partial charge < -0.3 is 14.8 Å². The lowest BCUT2D eigenvalue weighted by Gasteiger charge is -2.35. The lowest BCUT2D eigenvalue weighted by molar-refractivity contribution is 0.104. The molecule has 6 heteroatoms. The van der Waals surface area contributed by atoms with E-state index in [9.17, 15) is 9.59 Å². The Morgan fingerprint density at radius 3 is 2.61 bits per heavy atom. The number of anilines is 1. The molecule has 1 aliphatic heterocycles. The minimum absolute atomic E-state index is 0.130. The molecular formula is C25H28N2O4. The van der Waals surface area contributed by atoms with Gasteiger partial charge in [0.15, 0.2) is 5.78 Å². The zero-order chi connectivity index (χ0) is 22.4. The largest absolute Gasteiger partial charge is 0.497 e. The lowest BCUT2D eigenvalue weighted by Crippen LogP contribution is -2.43. The van der Waals surface area contributed by atoms with Crippen LogP contribution in [0.1, 0.15) is 41.8 Å². The van der Waals surface area contributed by atoms with Crippen molar-refractivity contribution < 1.29 is 19.1 Å². The van der Waals surface area contributed by atoms with Crippen molar-refractivity contribution in [3.05, 3.63) is 77.9 Å². The number of hydrogen-bond acceptors (Lipinski definition) is 5. The van der Waals surface area contributed by atoms with E-state index in [2.05, 4.69) is 31.1 Å². The zero-order valence-electron chi connectivity index (χ0n) is 18.2. The van der Waals surface area contributed by atoms with Gasteiger partial charge >= 0.3 is 6.09 Å². The molecule has 0 saturated carbocycles. The van der Waals surface area contributed by atoms with E-state index < -0.39 is 6.09 Å². The SMILES string of the molecule is C=CCCOC(=O)Nc1ccc(C(=O)/C=C2\NC(C)(C)Cc3ccc(OC)cc32)cc1. The van der Waals surface area contributed by atoms with Crippen LogP contribution >= 0.6 is 0 Å². The highest BCUT2D eigenvalue weighted by molar-refractivity contribution is 6.09. The molecule has 31 heavy (non-hydrogen) atoms. The summed E-state index contributed by atoms with van der Waals surface area (Å²) in [5, 5.41) is 6.10. The van der Waals surface area contributed by atoms with Crippen molar-refractivity contribution >= 4 is 23.3 Å². The number of benzene rings is 2. The van der Waals surface area contributed by atoms with Gasteiger partial charge in [-0.2, -0.15) is 0 Å². The first-order chi connectivity index (χ1) is 14.8. The molecule has 1 aliphatic rings. The van der Waals surface area contributed by atoms with Crippen molar-refractivity contribution in [2.45, 2.75) is 32.2 Å². The molecule has 0 fully saturated rings. The monoisotopic (exact) mass is 420 g/mol. The van der Waals surface area contributed by atoms with Crippen LogP contribution in [0.15, 0.2) is 61.2 Å². The summed E-state index contributed by atoms with van der Waals surface area (Å²) < 4.78 is 10.4. The number of fused-ring (bicyclic) bond motifs is 1. The zero-order valence-corrected chi connectivity index (χ0v) is 18.2. The Labute approximate surface area is 182 Å². The van der Waals surface area contributed by atoms with E-state index >= 15 is 0 Å². The summed E-state index contributed by atoms with van der Waals surface area (Å²) in [5.41, 5.74) is 3.80. The summed E-state index contributed by atoms with van der Waals surface area (Å²) in [6, 6.07) is 12.6. The Kier molecular flexibility index (Phi) is 6.80. The normalized spacial score (nSPS) is 15.4. The van der Waals surface area contributed by atoms with E-state index in [0.717, 1.165) is 29.0 Å². The van der Waals surface area contributed by atoms with Gasteiger partial charge in [-0.25, -0.2) is 4.79 Å². The fraction of sp³-hybridized carbons (Fsp3) is 0.280. The van der Waals surface area contributed by atoms with Crippen LogP contribution in [0, 0.1) is 0 Å². The number of amides is 1. The van der Waals surface area contributed by atoms with Gasteiger partial charge in [-0.15, -0.1) is 6.58 Å². The third kappa shape index (κ3) is 5.75. The molecule has 0 bridgehead atoms. The number of ketones is 1. The first-order valence-corrected chi connectivity index (χ1v) is 10.2. The van der Waals surface area contributed by atoms with Gasteiger partial charge in [-0.05, 0) is 68.7 Å². The minimum atomic E-state index is -0.540. The average Bonchev–Trinajstić information content (AvgIpc) is 2.73. The molecule has 1 heterocycles. The van der Waals surface area contributed by atoms with Gasteiger partial charge in [0.2, 0.25) is 0 Å². The fourth-order valence-corrected chi connectivity index (χ4v) is 3.47. The summed E-state index contributed by atoms with van der Waals surface area (Å²) >= 11 is 0. The van der Waals surface area contributed by atoms with Gasteiger partial charge in [-0.1, -0.05) is 12.1 Å².